The molecule has 4 aliphatic carbocycles. The Bertz CT molecular complexity index is 3140. The third kappa shape index (κ3) is 14.4. The van der Waals surface area contributed by atoms with Gasteiger partial charge in [0.05, 0.1) is 6.04 Å². The summed E-state index contributed by atoms with van der Waals surface area (Å²) in [6.07, 6.45) is 57.7. The highest BCUT2D eigenvalue weighted by Crippen LogP contribution is 2.40. The average molecular weight is 999 g/mol. The van der Waals surface area contributed by atoms with E-state index in [0.717, 1.165) is 98.5 Å². The Morgan fingerprint density at radius 2 is 1.58 bits per heavy atom. The molecule has 0 radical (unpaired) electrons. The summed E-state index contributed by atoms with van der Waals surface area (Å²) in [6, 6.07) is 27.0. The molecule has 3 aromatic rings. The van der Waals surface area contributed by atoms with E-state index in [1.165, 1.54) is 67.1 Å². The second-order valence-electron chi connectivity index (χ2n) is 20.2. The molecule has 2 atom stereocenters. The zero-order valence-electron chi connectivity index (χ0n) is 45.7. The molecule has 9 rings (SSSR count). The number of benzene rings is 3. The molecule has 4 nitrogen and oxygen atoms in total. The lowest BCUT2D eigenvalue weighted by Crippen LogP contribution is -2.32. The Kier molecular flexibility index (Phi) is 19.9. The molecule has 0 spiro atoms. The summed E-state index contributed by atoms with van der Waals surface area (Å²) in [5.41, 5.74) is 20.5. The Hall–Kier alpha value is -7.66. The minimum absolute atomic E-state index is 0.0798. The first-order valence-corrected chi connectivity index (χ1v) is 27.6. The van der Waals surface area contributed by atoms with Crippen LogP contribution in [-0.4, -0.2) is 25.1 Å². The molecule has 0 saturated heterocycles. The lowest BCUT2D eigenvalue weighted by molar-refractivity contribution is 0.587. The van der Waals surface area contributed by atoms with Gasteiger partial charge in [-0.1, -0.05) is 200 Å². The molecule has 8 bridgehead atoms. The number of anilines is 1. The van der Waals surface area contributed by atoms with Gasteiger partial charge in [-0.25, -0.2) is 9.98 Å². The number of aliphatic imine (C=N–C) groups is 2. The van der Waals surface area contributed by atoms with E-state index in [4.69, 9.17) is 11.6 Å². The van der Waals surface area contributed by atoms with Gasteiger partial charge in [0, 0.05) is 23.5 Å². The molecule has 1 N–H and O–H groups in total. The van der Waals surface area contributed by atoms with Gasteiger partial charge in [-0.2, -0.15) is 0 Å². The van der Waals surface area contributed by atoms with Gasteiger partial charge in [0.1, 0.15) is 6.17 Å². The molecule has 2 heterocycles. The molecule has 0 aromatic heterocycles. The van der Waals surface area contributed by atoms with Crippen molar-refractivity contribution in [3.63, 3.8) is 0 Å². The van der Waals surface area contributed by atoms with Gasteiger partial charge < -0.3 is 4.90 Å². The number of nitrogens with one attached hydrogen (secondary N) is 1. The number of hydrogen-bond acceptors (Lipinski definition) is 4. The SMILES string of the molecule is C=C/C=C(\C=C/C)CNC1/N=C(\N=C)c2cccc(c2)C2=CCCC=C2c2cccc(c2)N(C2C=CCC(CC/C=C/C=C\C=C/C)=CC2)C(/C=C(/C)C(=C)C2=C(C)C=CCC2)=C/CC2=CC(=CCC2)c2ccc1cc2. The highest BCUT2D eigenvalue weighted by molar-refractivity contribution is 6.08. The zero-order chi connectivity index (χ0) is 53.1. The Balaban J connectivity index is 1.28. The van der Waals surface area contributed by atoms with E-state index in [9.17, 15) is 0 Å². The lowest BCUT2D eigenvalue weighted by atomic mass is 9.86. The first-order chi connectivity index (χ1) is 37.3. The van der Waals surface area contributed by atoms with Gasteiger partial charge in [0.15, 0.2) is 5.84 Å². The maximum atomic E-state index is 5.35. The highest BCUT2D eigenvalue weighted by atomic mass is 15.2. The van der Waals surface area contributed by atoms with Crippen molar-refractivity contribution < 1.29 is 0 Å². The van der Waals surface area contributed by atoms with E-state index < -0.39 is 0 Å². The van der Waals surface area contributed by atoms with Crippen LogP contribution in [0.3, 0.4) is 0 Å². The van der Waals surface area contributed by atoms with Crippen LogP contribution in [0.1, 0.15) is 132 Å². The minimum Gasteiger partial charge on any atom is -0.334 e. The molecule has 2 aliphatic heterocycles. The third-order valence-corrected chi connectivity index (χ3v) is 14.9. The third-order valence-electron chi connectivity index (χ3n) is 14.9. The van der Waals surface area contributed by atoms with Crippen LogP contribution in [0.5, 0.6) is 0 Å². The normalized spacial score (nSPS) is 21.2. The number of hydrogen-bond donors (Lipinski definition) is 1. The summed E-state index contributed by atoms with van der Waals surface area (Å²) >= 11 is 0. The number of fused-ring (bicyclic) bond motifs is 5. The van der Waals surface area contributed by atoms with E-state index in [2.05, 4.69) is 231 Å². The predicted octanol–water partition coefficient (Wildman–Crippen LogP) is 18.9. The summed E-state index contributed by atoms with van der Waals surface area (Å²) in [5, 5.41) is 3.75. The molecule has 4 heteroatoms. The first kappa shape index (κ1) is 54.6. The summed E-state index contributed by atoms with van der Waals surface area (Å²) < 4.78 is 0. The van der Waals surface area contributed by atoms with Crippen molar-refractivity contribution in [1.82, 2.24) is 5.32 Å². The average Bonchev–Trinajstić information content (AvgIpc) is 3.69. The van der Waals surface area contributed by atoms with Crippen molar-refractivity contribution in [2.75, 3.05) is 11.4 Å². The van der Waals surface area contributed by atoms with E-state index in [1.807, 2.05) is 26.0 Å². The van der Waals surface area contributed by atoms with Crippen molar-refractivity contribution in [2.24, 2.45) is 9.98 Å². The first-order valence-electron chi connectivity index (χ1n) is 27.6. The quantitative estimate of drug-likeness (QED) is 0.0993. The van der Waals surface area contributed by atoms with Crippen LogP contribution in [-0.2, 0) is 0 Å². The van der Waals surface area contributed by atoms with Gasteiger partial charge in [-0.15, -0.1) is 0 Å². The molecule has 0 amide bonds. The van der Waals surface area contributed by atoms with Crippen molar-refractivity contribution in [2.45, 2.75) is 111 Å². The number of nitrogens with zero attached hydrogens (tertiary/aromatic N) is 3. The molecular weight excluding hydrogens is 921 g/mol. The molecule has 6 aliphatic rings. The van der Waals surface area contributed by atoms with Crippen molar-refractivity contribution in [3.05, 3.63) is 286 Å². The highest BCUT2D eigenvalue weighted by Gasteiger charge is 2.25. The molecule has 0 fully saturated rings. The fraction of sp³-hybridized carbons (Fsp3) is 0.250. The smallest absolute Gasteiger partial charge is 0.155 e. The van der Waals surface area contributed by atoms with E-state index in [0.29, 0.717) is 12.4 Å². The largest absolute Gasteiger partial charge is 0.334 e. The number of rotatable bonds is 14. The lowest BCUT2D eigenvalue weighted by Gasteiger charge is -2.34. The standard InChI is InChI=1S/C72H78N4/c1-8-11-12-13-14-15-16-28-56-29-22-35-65(46-40-56)76-66-36-24-33-63(51-66)70-39-20-19-38-69(70)62-32-23-34-64(50-62)71(73-7)75-72(74-52-58(25-9-2)26-10-3)60-44-42-59(43-45-60)61-31-21-30-57(49-61)41-47-67(76)48-54(5)55(6)68-37-18-17-27-53(68)4/h8-15,17,22-27,31-36,38-40,42-45,47-51,65,72,74H,2,6-7,16,18-21,28-30,37,41,46,52H2,1,3-5H3/b11-8-,13-12-,15-14+,26-10-,54-48-,58-25+,67-47+,75-71-. The fourth-order valence-corrected chi connectivity index (χ4v) is 10.8. The summed E-state index contributed by atoms with van der Waals surface area (Å²) in [5.74, 6) is 0.590. The molecule has 3 aromatic carbocycles. The van der Waals surface area contributed by atoms with E-state index in [1.54, 1.807) is 0 Å². The van der Waals surface area contributed by atoms with Gasteiger partial charge in [-0.3, -0.25) is 5.32 Å². The van der Waals surface area contributed by atoms with Crippen LogP contribution < -0.4 is 10.2 Å². The Morgan fingerprint density at radius 3 is 2.34 bits per heavy atom. The van der Waals surface area contributed by atoms with Gasteiger partial charge >= 0.3 is 0 Å². The molecule has 386 valence electrons. The van der Waals surface area contributed by atoms with Crippen molar-refractivity contribution >= 4 is 35.0 Å². The zero-order valence-corrected chi connectivity index (χ0v) is 45.7. The summed E-state index contributed by atoms with van der Waals surface area (Å²) in [6.45, 7) is 22.0. The van der Waals surface area contributed by atoms with Crippen LogP contribution in [0, 0.1) is 0 Å². The minimum atomic E-state index is -0.384. The molecule has 76 heavy (non-hydrogen) atoms. The number of allylic oxidation sites excluding steroid dienone is 27. The van der Waals surface area contributed by atoms with Crippen LogP contribution in [0.2, 0.25) is 0 Å². The fourth-order valence-electron chi connectivity index (χ4n) is 10.8. The maximum Gasteiger partial charge on any atom is 0.155 e. The maximum absolute atomic E-state index is 5.35. The second kappa shape index (κ2) is 27.8. The molecule has 2 unspecified atom stereocenters. The van der Waals surface area contributed by atoms with Crippen LogP contribution in [0.25, 0.3) is 16.7 Å². The van der Waals surface area contributed by atoms with Crippen LogP contribution >= 0.6 is 0 Å². The van der Waals surface area contributed by atoms with Gasteiger partial charge in [0.2, 0.25) is 0 Å². The second-order valence-corrected chi connectivity index (χ2v) is 20.2. The van der Waals surface area contributed by atoms with Crippen molar-refractivity contribution in [1.29, 1.82) is 0 Å². The van der Waals surface area contributed by atoms with Crippen molar-refractivity contribution in [3.8, 4) is 0 Å². The molecular formula is C72H78N4. The van der Waals surface area contributed by atoms with Gasteiger partial charge in [0.25, 0.3) is 0 Å². The van der Waals surface area contributed by atoms with E-state index in [-0.39, 0.29) is 12.2 Å². The number of amidine groups is 1. The van der Waals surface area contributed by atoms with Gasteiger partial charge in [-0.05, 0) is 196 Å². The van der Waals surface area contributed by atoms with E-state index >= 15 is 0 Å². The predicted molar refractivity (Wildman–Crippen MR) is 331 cm³/mol. The van der Waals surface area contributed by atoms with Crippen LogP contribution in [0.4, 0.5) is 5.69 Å². The Labute approximate surface area is 456 Å². The molecule has 0 saturated carbocycles. The summed E-state index contributed by atoms with van der Waals surface area (Å²) in [4.78, 5) is 12.6. The Morgan fingerprint density at radius 1 is 0.803 bits per heavy atom. The monoisotopic (exact) mass is 999 g/mol. The summed E-state index contributed by atoms with van der Waals surface area (Å²) in [7, 11) is 0. The van der Waals surface area contributed by atoms with Crippen LogP contribution in [0.15, 0.2) is 268 Å². The topological polar surface area (TPSA) is 40.0 Å².